The van der Waals surface area contributed by atoms with Crippen molar-refractivity contribution < 1.29 is 46.0 Å². The van der Waals surface area contributed by atoms with Gasteiger partial charge in [-0.2, -0.15) is 8.42 Å². The molecule has 4 aliphatic rings. The van der Waals surface area contributed by atoms with Gasteiger partial charge in [-0.1, -0.05) is 13.8 Å². The highest BCUT2D eigenvalue weighted by Gasteiger charge is 2.73. The Labute approximate surface area is 221 Å². The van der Waals surface area contributed by atoms with Crippen LogP contribution in [0.4, 0.5) is 0 Å². The Morgan fingerprint density at radius 1 is 1.14 bits per heavy atom. The molecule has 0 amide bonds. The van der Waals surface area contributed by atoms with Gasteiger partial charge in [0.05, 0.1) is 11.6 Å². The normalized spacial score (nSPS) is 42.9. The molecule has 10 nitrogen and oxygen atoms in total. The molecule has 0 radical (unpaired) electrons. The van der Waals surface area contributed by atoms with E-state index in [0.717, 1.165) is 6.26 Å². The summed E-state index contributed by atoms with van der Waals surface area (Å²) in [5.74, 6) is -3.73. The lowest BCUT2D eigenvalue weighted by molar-refractivity contribution is -0.216. The number of fused-ring (bicyclic) bond motifs is 5. The first-order valence-corrected chi connectivity index (χ1v) is 14.5. The van der Waals surface area contributed by atoms with Crippen LogP contribution >= 0.6 is 11.6 Å². The quantitative estimate of drug-likeness (QED) is 0.213. The van der Waals surface area contributed by atoms with E-state index in [0.29, 0.717) is 12.0 Å². The Morgan fingerprint density at radius 3 is 2.32 bits per heavy atom. The minimum Gasteiger partial charge on any atom is -0.462 e. The summed E-state index contributed by atoms with van der Waals surface area (Å²) in [6.07, 6.45) is 1.02. The molecule has 0 aromatic carbocycles. The molecule has 206 valence electrons. The van der Waals surface area contributed by atoms with Crippen molar-refractivity contribution in [2.24, 2.45) is 28.6 Å². The zero-order chi connectivity index (χ0) is 27.7. The van der Waals surface area contributed by atoms with Crippen molar-refractivity contribution in [3.8, 4) is 0 Å². The summed E-state index contributed by atoms with van der Waals surface area (Å²) in [5, 5.41) is -1.02. The number of hydrogen-bond donors (Lipinski definition) is 0. The van der Waals surface area contributed by atoms with Gasteiger partial charge in [-0.15, -0.1) is 11.6 Å². The van der Waals surface area contributed by atoms with Crippen molar-refractivity contribution in [1.29, 1.82) is 0 Å². The van der Waals surface area contributed by atoms with Gasteiger partial charge in [-0.3, -0.25) is 18.6 Å². The molecule has 12 heteroatoms. The Balaban J connectivity index is 1.97. The highest BCUT2D eigenvalue weighted by Crippen LogP contribution is 2.69. The first-order valence-electron chi connectivity index (χ1n) is 12.3. The van der Waals surface area contributed by atoms with Crippen LogP contribution in [0.25, 0.3) is 0 Å². The first-order chi connectivity index (χ1) is 17.0. The van der Waals surface area contributed by atoms with Crippen molar-refractivity contribution in [2.45, 2.75) is 77.1 Å². The third-order valence-electron chi connectivity index (χ3n) is 9.09. The number of ether oxygens (including phenoxy) is 3. The average Bonchev–Trinajstić information content (AvgIpc) is 3.03. The standard InChI is InChI=1S/C25H33ClO10S/c1-12(27)25(35-14(3)29)8-7-15-19-20(17(34-13(2)28)10-24(15,25)5)23(4)11-33-18(30)9-16(23)21(26)22(19)36-37(6,31)32/h9,15,17,19-22H,7-8,10-11H2,1-6H3/t15-,17?,19-,20-,21?,22-,23-,24-,25-/m0/s1. The molecule has 0 spiro atoms. The third-order valence-corrected chi connectivity index (χ3v) is 10.1. The summed E-state index contributed by atoms with van der Waals surface area (Å²) in [6, 6.07) is 0. The molecule has 1 aliphatic heterocycles. The average molecular weight is 561 g/mol. The number of ketones is 1. The van der Waals surface area contributed by atoms with E-state index < -0.39 is 79.8 Å². The molecule has 0 bridgehead atoms. The van der Waals surface area contributed by atoms with Crippen molar-refractivity contribution >= 4 is 45.4 Å². The lowest BCUT2D eigenvalue weighted by Crippen LogP contribution is -2.68. The maximum absolute atomic E-state index is 13.1. The Bertz CT molecular complexity index is 1180. The number of alkyl halides is 1. The van der Waals surface area contributed by atoms with E-state index in [-0.39, 0.29) is 25.2 Å². The summed E-state index contributed by atoms with van der Waals surface area (Å²) in [7, 11) is -4.02. The fraction of sp³-hybridized carbons (Fsp3) is 0.760. The second-order valence-corrected chi connectivity index (χ2v) is 13.4. The van der Waals surface area contributed by atoms with Gasteiger partial charge in [-0.25, -0.2) is 4.79 Å². The Kier molecular flexibility index (Phi) is 6.86. The monoisotopic (exact) mass is 560 g/mol. The number of carbonyl (C=O) groups is 4. The molecule has 3 fully saturated rings. The van der Waals surface area contributed by atoms with Crippen molar-refractivity contribution in [3.05, 3.63) is 11.6 Å². The maximum atomic E-state index is 13.1. The topological polar surface area (TPSA) is 139 Å². The molecule has 0 saturated heterocycles. The van der Waals surface area contributed by atoms with Gasteiger partial charge in [0.25, 0.3) is 10.1 Å². The fourth-order valence-electron chi connectivity index (χ4n) is 7.91. The SMILES string of the molecule is CC(=O)OC1C[C@@]2(C)[C@@H](CC[C@]2(OC(C)=O)C(C)=O)[C@@H]2[C@H](OS(C)(=O)=O)C(Cl)C3=CC(=O)OC[C@]3(C)[C@@H]12. The second kappa shape index (κ2) is 9.05. The van der Waals surface area contributed by atoms with Crippen LogP contribution in [0.15, 0.2) is 11.6 Å². The third kappa shape index (κ3) is 4.30. The minimum atomic E-state index is -4.02. The molecular weight excluding hydrogens is 528 g/mol. The van der Waals surface area contributed by atoms with E-state index in [9.17, 15) is 27.6 Å². The summed E-state index contributed by atoms with van der Waals surface area (Å²) in [5.41, 5.74) is -2.96. The van der Waals surface area contributed by atoms with E-state index >= 15 is 0 Å². The number of cyclic esters (lactones) is 1. The maximum Gasteiger partial charge on any atom is 0.330 e. The smallest absolute Gasteiger partial charge is 0.330 e. The van der Waals surface area contributed by atoms with Crippen molar-refractivity contribution in [3.63, 3.8) is 0 Å². The number of esters is 3. The molecule has 1 heterocycles. The van der Waals surface area contributed by atoms with E-state index in [1.165, 1.54) is 26.8 Å². The summed E-state index contributed by atoms with van der Waals surface area (Å²) in [4.78, 5) is 49.9. The first kappa shape index (κ1) is 28.0. The van der Waals surface area contributed by atoms with Crippen LogP contribution in [-0.4, -0.2) is 68.2 Å². The van der Waals surface area contributed by atoms with Gasteiger partial charge in [0, 0.05) is 36.7 Å². The lowest BCUT2D eigenvalue weighted by atomic mass is 9.45. The van der Waals surface area contributed by atoms with E-state index in [1.54, 1.807) is 0 Å². The second-order valence-electron chi connectivity index (χ2n) is 11.3. The molecule has 3 saturated carbocycles. The van der Waals surface area contributed by atoms with Crippen LogP contribution in [-0.2, 0) is 47.7 Å². The van der Waals surface area contributed by atoms with Crippen LogP contribution in [0.5, 0.6) is 0 Å². The number of halogens is 1. The molecule has 0 aromatic rings. The summed E-state index contributed by atoms with van der Waals surface area (Å²) < 4.78 is 47.5. The molecular formula is C25H33ClO10S. The zero-order valence-corrected chi connectivity index (χ0v) is 23.3. The van der Waals surface area contributed by atoms with E-state index in [2.05, 4.69) is 0 Å². The lowest BCUT2D eigenvalue weighted by Gasteiger charge is -2.62. The van der Waals surface area contributed by atoms with Crippen LogP contribution in [0.2, 0.25) is 0 Å². The number of rotatable bonds is 5. The molecule has 4 rings (SSSR count). The number of Topliss-reactive ketones (excluding diaryl/α,β-unsaturated/α-hetero) is 1. The van der Waals surface area contributed by atoms with Crippen molar-refractivity contribution in [2.75, 3.05) is 12.9 Å². The van der Waals surface area contributed by atoms with Gasteiger partial charge in [0.1, 0.15) is 18.8 Å². The van der Waals surface area contributed by atoms with Gasteiger partial charge >= 0.3 is 17.9 Å². The van der Waals surface area contributed by atoms with Crippen LogP contribution in [0.1, 0.15) is 53.9 Å². The Hall–Kier alpha value is -1.98. The summed E-state index contributed by atoms with van der Waals surface area (Å²) >= 11 is 6.92. The van der Waals surface area contributed by atoms with Gasteiger partial charge < -0.3 is 14.2 Å². The highest BCUT2D eigenvalue weighted by molar-refractivity contribution is 7.86. The van der Waals surface area contributed by atoms with E-state index in [1.807, 2.05) is 13.8 Å². The summed E-state index contributed by atoms with van der Waals surface area (Å²) in [6.45, 7) is 7.49. The molecule has 0 aromatic heterocycles. The molecule has 3 aliphatic carbocycles. The van der Waals surface area contributed by atoms with Gasteiger partial charge in [0.15, 0.2) is 11.4 Å². The van der Waals surface area contributed by atoms with Crippen molar-refractivity contribution in [1.82, 2.24) is 0 Å². The predicted octanol–water partition coefficient (Wildman–Crippen LogP) is 2.32. The Morgan fingerprint density at radius 2 is 1.78 bits per heavy atom. The van der Waals surface area contributed by atoms with E-state index in [4.69, 9.17) is 30.0 Å². The van der Waals surface area contributed by atoms with Gasteiger partial charge in [-0.05, 0) is 43.6 Å². The fourth-order valence-corrected chi connectivity index (χ4v) is 9.14. The molecule has 9 atom stereocenters. The van der Waals surface area contributed by atoms with Crippen LogP contribution in [0, 0.1) is 28.6 Å². The van der Waals surface area contributed by atoms with Crippen LogP contribution < -0.4 is 0 Å². The highest BCUT2D eigenvalue weighted by atomic mass is 35.5. The molecule has 2 unspecified atom stereocenters. The molecule has 0 N–H and O–H groups in total. The largest absolute Gasteiger partial charge is 0.462 e. The predicted molar refractivity (Wildman–Crippen MR) is 130 cm³/mol. The van der Waals surface area contributed by atoms with Gasteiger partial charge in [0.2, 0.25) is 0 Å². The number of carbonyl (C=O) groups excluding carboxylic acids is 4. The molecule has 37 heavy (non-hydrogen) atoms. The number of hydrogen-bond acceptors (Lipinski definition) is 10. The minimum absolute atomic E-state index is 0.0450. The zero-order valence-electron chi connectivity index (χ0n) is 21.7. The van der Waals surface area contributed by atoms with Crippen LogP contribution in [0.3, 0.4) is 0 Å².